The van der Waals surface area contributed by atoms with Crippen molar-refractivity contribution in [3.63, 3.8) is 0 Å². The molecule has 1 atom stereocenters. The molecule has 3 heterocycles. The van der Waals surface area contributed by atoms with Crippen molar-refractivity contribution >= 4 is 16.9 Å². The molecular formula is C27H28N4O3. The van der Waals surface area contributed by atoms with Crippen LogP contribution < -0.4 is 10.1 Å². The van der Waals surface area contributed by atoms with Gasteiger partial charge in [0.15, 0.2) is 0 Å². The van der Waals surface area contributed by atoms with E-state index < -0.39 is 0 Å². The van der Waals surface area contributed by atoms with E-state index in [0.29, 0.717) is 36.6 Å². The van der Waals surface area contributed by atoms with Crippen molar-refractivity contribution in [3.8, 4) is 17.3 Å². The summed E-state index contributed by atoms with van der Waals surface area (Å²) in [6.45, 7) is 5.56. The highest BCUT2D eigenvalue weighted by molar-refractivity contribution is 6.09. The number of nitrogens with zero attached hydrogens (tertiary/aromatic N) is 3. The van der Waals surface area contributed by atoms with E-state index >= 15 is 0 Å². The fourth-order valence-corrected chi connectivity index (χ4v) is 4.56. The van der Waals surface area contributed by atoms with Crippen molar-refractivity contribution in [3.05, 3.63) is 83.6 Å². The second-order valence-electron chi connectivity index (χ2n) is 8.63. The number of aromatic nitrogens is 2. The van der Waals surface area contributed by atoms with E-state index in [1.54, 1.807) is 11.1 Å². The zero-order valence-corrected chi connectivity index (χ0v) is 19.4. The normalized spacial score (nSPS) is 16.1. The molecule has 5 rings (SSSR count). The average Bonchev–Trinajstić information content (AvgIpc) is 3.20. The fourth-order valence-electron chi connectivity index (χ4n) is 4.56. The number of hydrogen-bond donors (Lipinski definition) is 2. The van der Waals surface area contributed by atoms with Gasteiger partial charge in [-0.25, -0.2) is 0 Å². The lowest BCUT2D eigenvalue weighted by Crippen LogP contribution is -2.54. The molecule has 1 aliphatic heterocycles. The SMILES string of the molecule is Cc1cccc(C)c1Oc1c(C(=O)N2CCN[C@@H](CO)C2)c2ncccc2n1-c1ccccc1. The number of amides is 1. The third kappa shape index (κ3) is 3.93. The van der Waals surface area contributed by atoms with E-state index in [9.17, 15) is 9.90 Å². The molecule has 174 valence electrons. The van der Waals surface area contributed by atoms with Crippen LogP contribution in [-0.4, -0.2) is 57.7 Å². The van der Waals surface area contributed by atoms with Crippen LogP contribution in [0, 0.1) is 13.8 Å². The Labute approximate surface area is 198 Å². The number of carbonyl (C=O) groups is 1. The van der Waals surface area contributed by atoms with Gasteiger partial charge in [0.05, 0.1) is 12.1 Å². The van der Waals surface area contributed by atoms with Crippen molar-refractivity contribution in [2.45, 2.75) is 19.9 Å². The first-order chi connectivity index (χ1) is 16.6. The predicted octanol–water partition coefficient (Wildman–Crippen LogP) is 3.84. The first kappa shape index (κ1) is 22.1. The minimum Gasteiger partial charge on any atom is -0.439 e. The maximum atomic E-state index is 14.0. The molecule has 1 fully saturated rings. The quantitative estimate of drug-likeness (QED) is 0.477. The number of pyridine rings is 1. The Balaban J connectivity index is 1.74. The lowest BCUT2D eigenvalue weighted by molar-refractivity contribution is 0.0670. The van der Waals surface area contributed by atoms with E-state index in [1.807, 2.05) is 79.1 Å². The second-order valence-corrected chi connectivity index (χ2v) is 8.63. The molecule has 0 unspecified atom stereocenters. The van der Waals surface area contributed by atoms with Crippen molar-refractivity contribution in [1.82, 2.24) is 19.8 Å². The van der Waals surface area contributed by atoms with Gasteiger partial charge < -0.3 is 20.1 Å². The number of nitrogens with one attached hydrogen (secondary N) is 1. The summed E-state index contributed by atoms with van der Waals surface area (Å²) >= 11 is 0. The Morgan fingerprint density at radius 3 is 2.59 bits per heavy atom. The van der Waals surface area contributed by atoms with E-state index in [2.05, 4.69) is 10.3 Å². The molecule has 7 nitrogen and oxygen atoms in total. The van der Waals surface area contributed by atoms with E-state index in [-0.39, 0.29) is 18.6 Å². The highest BCUT2D eigenvalue weighted by atomic mass is 16.5. The molecule has 1 aliphatic rings. The Bertz CT molecular complexity index is 1310. The van der Waals surface area contributed by atoms with Crippen LogP contribution in [0.1, 0.15) is 21.5 Å². The first-order valence-electron chi connectivity index (χ1n) is 11.5. The second kappa shape index (κ2) is 9.29. The smallest absolute Gasteiger partial charge is 0.261 e. The molecule has 34 heavy (non-hydrogen) atoms. The molecule has 1 amide bonds. The van der Waals surface area contributed by atoms with Crippen LogP contribution in [0.25, 0.3) is 16.7 Å². The first-order valence-corrected chi connectivity index (χ1v) is 11.5. The topological polar surface area (TPSA) is 79.6 Å². The lowest BCUT2D eigenvalue weighted by Gasteiger charge is -2.32. The molecule has 0 saturated carbocycles. The molecule has 2 aromatic heterocycles. The number of hydrogen-bond acceptors (Lipinski definition) is 5. The zero-order chi connectivity index (χ0) is 23.7. The van der Waals surface area contributed by atoms with Gasteiger partial charge in [0.25, 0.3) is 5.91 Å². The van der Waals surface area contributed by atoms with Crippen molar-refractivity contribution in [2.75, 3.05) is 26.2 Å². The van der Waals surface area contributed by atoms with Crippen LogP contribution >= 0.6 is 0 Å². The van der Waals surface area contributed by atoms with Crippen molar-refractivity contribution in [2.24, 2.45) is 0 Å². The van der Waals surface area contributed by atoms with Crippen molar-refractivity contribution in [1.29, 1.82) is 0 Å². The third-order valence-electron chi connectivity index (χ3n) is 6.28. The number of aliphatic hydroxyl groups is 1. The summed E-state index contributed by atoms with van der Waals surface area (Å²) in [5.74, 6) is 1.02. The van der Waals surface area contributed by atoms with Gasteiger partial charge in [-0.15, -0.1) is 0 Å². The third-order valence-corrected chi connectivity index (χ3v) is 6.28. The molecule has 2 aromatic carbocycles. The molecular weight excluding hydrogens is 428 g/mol. The van der Waals surface area contributed by atoms with Gasteiger partial charge in [-0.2, -0.15) is 0 Å². The van der Waals surface area contributed by atoms with Gasteiger partial charge >= 0.3 is 0 Å². The van der Waals surface area contributed by atoms with E-state index in [4.69, 9.17) is 4.74 Å². The molecule has 4 aromatic rings. The monoisotopic (exact) mass is 456 g/mol. The lowest BCUT2D eigenvalue weighted by atomic mass is 10.1. The van der Waals surface area contributed by atoms with Crippen LogP contribution in [0.5, 0.6) is 11.6 Å². The van der Waals surface area contributed by atoms with E-state index in [1.165, 1.54) is 0 Å². The van der Waals surface area contributed by atoms with Gasteiger partial charge in [-0.3, -0.25) is 14.3 Å². The van der Waals surface area contributed by atoms with Crippen molar-refractivity contribution < 1.29 is 14.6 Å². The molecule has 0 aliphatic carbocycles. The van der Waals surface area contributed by atoms with Gasteiger partial charge in [-0.05, 0) is 49.2 Å². The molecule has 1 saturated heterocycles. The number of rotatable bonds is 5. The Morgan fingerprint density at radius 2 is 1.85 bits per heavy atom. The van der Waals surface area contributed by atoms with Crippen LogP contribution in [0.3, 0.4) is 0 Å². The molecule has 2 N–H and O–H groups in total. The summed E-state index contributed by atoms with van der Waals surface area (Å²) < 4.78 is 8.58. The number of fused-ring (bicyclic) bond motifs is 1. The minimum atomic E-state index is -0.156. The summed E-state index contributed by atoms with van der Waals surface area (Å²) in [6.07, 6.45) is 1.70. The summed E-state index contributed by atoms with van der Waals surface area (Å²) in [7, 11) is 0. The van der Waals surface area contributed by atoms with E-state index in [0.717, 1.165) is 28.1 Å². The fraction of sp³-hybridized carbons (Fsp3) is 0.259. The number of carbonyl (C=O) groups excluding carboxylic acids is 1. The maximum absolute atomic E-state index is 14.0. The Morgan fingerprint density at radius 1 is 1.09 bits per heavy atom. The summed E-state index contributed by atoms with van der Waals surface area (Å²) in [4.78, 5) is 20.4. The number of benzene rings is 2. The highest BCUT2D eigenvalue weighted by Gasteiger charge is 2.32. The highest BCUT2D eigenvalue weighted by Crippen LogP contribution is 2.39. The summed E-state index contributed by atoms with van der Waals surface area (Å²) in [6, 6.07) is 19.5. The standard InChI is InChI=1S/C27H28N4O3/c1-18-8-6-9-19(2)25(18)34-27-23(26(33)30-15-14-28-20(16-30)17-32)24-22(12-7-13-29-24)31(27)21-10-4-3-5-11-21/h3-13,20,28,32H,14-17H2,1-2H3/t20-/m1/s1. The van der Waals surface area contributed by atoms with Crippen LogP contribution in [-0.2, 0) is 0 Å². The number of ether oxygens (including phenoxy) is 1. The number of piperazine rings is 1. The zero-order valence-electron chi connectivity index (χ0n) is 19.4. The van der Waals surface area contributed by atoms with Gasteiger partial charge in [-0.1, -0.05) is 36.4 Å². The van der Waals surface area contributed by atoms with Crippen LogP contribution in [0.2, 0.25) is 0 Å². The largest absolute Gasteiger partial charge is 0.439 e. The maximum Gasteiger partial charge on any atom is 0.261 e. The Kier molecular flexibility index (Phi) is 6.04. The van der Waals surface area contributed by atoms with Gasteiger partial charge in [0, 0.05) is 37.6 Å². The molecule has 0 bridgehead atoms. The number of aryl methyl sites for hydroxylation is 2. The molecule has 0 spiro atoms. The van der Waals surface area contributed by atoms with Gasteiger partial charge in [0.1, 0.15) is 16.8 Å². The van der Waals surface area contributed by atoms with Crippen LogP contribution in [0.4, 0.5) is 0 Å². The van der Waals surface area contributed by atoms with Gasteiger partial charge in [0.2, 0.25) is 5.88 Å². The Hall–Kier alpha value is -3.68. The molecule has 0 radical (unpaired) electrons. The summed E-state index contributed by atoms with van der Waals surface area (Å²) in [5, 5.41) is 12.9. The summed E-state index contributed by atoms with van der Waals surface area (Å²) in [5.41, 5.74) is 4.68. The predicted molar refractivity (Wildman–Crippen MR) is 132 cm³/mol. The average molecular weight is 457 g/mol. The molecule has 7 heteroatoms. The number of para-hydroxylation sites is 2. The van der Waals surface area contributed by atoms with Crippen LogP contribution in [0.15, 0.2) is 66.9 Å². The minimum absolute atomic E-state index is 0.0282. The number of aliphatic hydroxyl groups excluding tert-OH is 1.